The van der Waals surface area contributed by atoms with Gasteiger partial charge in [-0.25, -0.2) is 0 Å². The van der Waals surface area contributed by atoms with Gasteiger partial charge in [0.2, 0.25) is 0 Å². The zero-order valence-electron chi connectivity index (χ0n) is 13.1. The van der Waals surface area contributed by atoms with Crippen LogP contribution in [0, 0.1) is 5.41 Å². The Morgan fingerprint density at radius 3 is 2.15 bits per heavy atom. The minimum atomic E-state index is -0.679. The first-order valence-corrected chi connectivity index (χ1v) is 7.46. The summed E-state index contributed by atoms with van der Waals surface area (Å²) in [4.78, 5) is 13.9. The SMILES string of the molecule is CCC(CC)(CN(Cc1ccccc1)C(C)C)C(=O)O. The van der Waals surface area contributed by atoms with Crippen LogP contribution in [0.4, 0.5) is 0 Å². The third-order valence-electron chi connectivity index (χ3n) is 4.27. The van der Waals surface area contributed by atoms with Crippen molar-refractivity contribution in [1.82, 2.24) is 4.90 Å². The average Bonchev–Trinajstić information content (AvgIpc) is 2.44. The van der Waals surface area contributed by atoms with Gasteiger partial charge in [-0.1, -0.05) is 44.2 Å². The molecule has 0 aromatic heterocycles. The molecular weight excluding hydrogens is 250 g/mol. The molecule has 1 rings (SSSR count). The molecule has 1 N–H and O–H groups in total. The van der Waals surface area contributed by atoms with E-state index >= 15 is 0 Å². The van der Waals surface area contributed by atoms with Crippen molar-refractivity contribution in [2.75, 3.05) is 6.54 Å². The number of hydrogen-bond donors (Lipinski definition) is 1. The molecule has 1 aromatic rings. The molecule has 0 bridgehead atoms. The molecule has 0 aliphatic heterocycles. The predicted molar refractivity (Wildman–Crippen MR) is 82.6 cm³/mol. The van der Waals surface area contributed by atoms with Crippen LogP contribution in [-0.4, -0.2) is 28.6 Å². The van der Waals surface area contributed by atoms with Crippen LogP contribution >= 0.6 is 0 Å². The zero-order valence-corrected chi connectivity index (χ0v) is 13.1. The van der Waals surface area contributed by atoms with Gasteiger partial charge in [-0.2, -0.15) is 0 Å². The lowest BCUT2D eigenvalue weighted by molar-refractivity contribution is -0.151. The Morgan fingerprint density at radius 1 is 1.20 bits per heavy atom. The molecular formula is C17H27NO2. The van der Waals surface area contributed by atoms with Crippen molar-refractivity contribution in [3.8, 4) is 0 Å². The van der Waals surface area contributed by atoms with Crippen LogP contribution in [0.15, 0.2) is 30.3 Å². The Bertz CT molecular complexity index is 410. The van der Waals surface area contributed by atoms with E-state index in [9.17, 15) is 9.90 Å². The summed E-state index contributed by atoms with van der Waals surface area (Å²) in [6, 6.07) is 10.6. The van der Waals surface area contributed by atoms with Crippen LogP contribution in [0.1, 0.15) is 46.1 Å². The van der Waals surface area contributed by atoms with Gasteiger partial charge in [-0.05, 0) is 32.3 Å². The molecule has 0 aliphatic carbocycles. The van der Waals surface area contributed by atoms with Crippen molar-refractivity contribution in [1.29, 1.82) is 0 Å². The highest BCUT2D eigenvalue weighted by Gasteiger charge is 2.37. The molecule has 0 saturated heterocycles. The number of carboxylic acid groups (broad SMARTS) is 1. The summed E-state index contributed by atoms with van der Waals surface area (Å²) >= 11 is 0. The van der Waals surface area contributed by atoms with Gasteiger partial charge < -0.3 is 5.11 Å². The van der Waals surface area contributed by atoms with Crippen molar-refractivity contribution >= 4 is 5.97 Å². The van der Waals surface area contributed by atoms with Gasteiger partial charge in [-0.15, -0.1) is 0 Å². The number of rotatable bonds is 8. The van der Waals surface area contributed by atoms with Crippen LogP contribution < -0.4 is 0 Å². The van der Waals surface area contributed by atoms with E-state index in [1.54, 1.807) is 0 Å². The van der Waals surface area contributed by atoms with E-state index in [2.05, 4.69) is 30.9 Å². The molecule has 0 spiro atoms. The Morgan fingerprint density at radius 2 is 1.75 bits per heavy atom. The van der Waals surface area contributed by atoms with Crippen molar-refractivity contribution < 1.29 is 9.90 Å². The van der Waals surface area contributed by atoms with Crippen LogP contribution in [0.25, 0.3) is 0 Å². The van der Waals surface area contributed by atoms with Gasteiger partial charge >= 0.3 is 5.97 Å². The quantitative estimate of drug-likeness (QED) is 0.786. The van der Waals surface area contributed by atoms with E-state index in [0.717, 1.165) is 6.54 Å². The van der Waals surface area contributed by atoms with E-state index in [1.807, 2.05) is 32.0 Å². The summed E-state index contributed by atoms with van der Waals surface area (Å²) in [7, 11) is 0. The Hall–Kier alpha value is -1.35. The van der Waals surface area contributed by atoms with Crippen LogP contribution in [0.2, 0.25) is 0 Å². The second kappa shape index (κ2) is 7.44. The molecule has 20 heavy (non-hydrogen) atoms. The third kappa shape index (κ3) is 4.07. The Balaban J connectivity index is 2.89. The smallest absolute Gasteiger partial charge is 0.310 e. The van der Waals surface area contributed by atoms with E-state index < -0.39 is 11.4 Å². The first-order valence-electron chi connectivity index (χ1n) is 7.46. The van der Waals surface area contributed by atoms with Crippen molar-refractivity contribution in [2.24, 2.45) is 5.41 Å². The van der Waals surface area contributed by atoms with E-state index in [4.69, 9.17) is 0 Å². The van der Waals surface area contributed by atoms with Gasteiger partial charge in [0.1, 0.15) is 0 Å². The predicted octanol–water partition coefficient (Wildman–Crippen LogP) is 3.79. The molecule has 1 aromatic carbocycles. The van der Waals surface area contributed by atoms with Crippen LogP contribution in [0.5, 0.6) is 0 Å². The highest BCUT2D eigenvalue weighted by Crippen LogP contribution is 2.29. The van der Waals surface area contributed by atoms with Crippen LogP contribution in [0.3, 0.4) is 0 Å². The molecule has 0 amide bonds. The van der Waals surface area contributed by atoms with Gasteiger partial charge in [0, 0.05) is 19.1 Å². The maximum absolute atomic E-state index is 11.7. The molecule has 0 heterocycles. The number of carbonyl (C=O) groups is 1. The average molecular weight is 277 g/mol. The van der Waals surface area contributed by atoms with E-state index in [1.165, 1.54) is 5.56 Å². The van der Waals surface area contributed by atoms with Crippen LogP contribution in [-0.2, 0) is 11.3 Å². The number of aliphatic carboxylic acids is 1. The molecule has 0 aliphatic rings. The minimum absolute atomic E-state index is 0.326. The zero-order chi connectivity index (χ0) is 15.2. The fourth-order valence-corrected chi connectivity index (χ4v) is 2.47. The summed E-state index contributed by atoms with van der Waals surface area (Å²) in [6.07, 6.45) is 1.33. The third-order valence-corrected chi connectivity index (χ3v) is 4.27. The molecule has 3 heteroatoms. The minimum Gasteiger partial charge on any atom is -0.481 e. The summed E-state index contributed by atoms with van der Waals surface area (Å²) in [5.41, 5.74) is 0.590. The lowest BCUT2D eigenvalue weighted by Gasteiger charge is -2.36. The fraction of sp³-hybridized carbons (Fsp3) is 0.588. The number of benzene rings is 1. The maximum atomic E-state index is 11.7. The topological polar surface area (TPSA) is 40.5 Å². The molecule has 0 fully saturated rings. The summed E-state index contributed by atoms with van der Waals surface area (Å²) < 4.78 is 0. The standard InChI is InChI=1S/C17H27NO2/c1-5-17(6-2,16(19)20)13-18(14(3)4)12-15-10-8-7-9-11-15/h7-11,14H,5-6,12-13H2,1-4H3,(H,19,20). The largest absolute Gasteiger partial charge is 0.481 e. The number of nitrogens with zero attached hydrogens (tertiary/aromatic N) is 1. The van der Waals surface area contributed by atoms with Crippen molar-refractivity contribution in [2.45, 2.75) is 53.1 Å². The Labute approximate surface area is 122 Å². The monoisotopic (exact) mass is 277 g/mol. The van der Waals surface area contributed by atoms with Crippen molar-refractivity contribution in [3.05, 3.63) is 35.9 Å². The van der Waals surface area contributed by atoms with E-state index in [0.29, 0.717) is 25.4 Å². The first-order chi connectivity index (χ1) is 9.45. The molecule has 0 saturated carbocycles. The highest BCUT2D eigenvalue weighted by atomic mass is 16.4. The normalized spacial score (nSPS) is 12.1. The van der Waals surface area contributed by atoms with E-state index in [-0.39, 0.29) is 0 Å². The molecule has 0 atom stereocenters. The first kappa shape index (κ1) is 16.7. The molecule has 3 nitrogen and oxygen atoms in total. The number of hydrogen-bond acceptors (Lipinski definition) is 2. The summed E-state index contributed by atoms with van der Waals surface area (Å²) in [5, 5.41) is 9.59. The lowest BCUT2D eigenvalue weighted by Crippen LogP contribution is -2.44. The fourth-order valence-electron chi connectivity index (χ4n) is 2.47. The van der Waals surface area contributed by atoms with Gasteiger partial charge in [-0.3, -0.25) is 9.69 Å². The second-order valence-electron chi connectivity index (χ2n) is 5.78. The summed E-state index contributed by atoms with van der Waals surface area (Å²) in [5.74, 6) is -0.679. The van der Waals surface area contributed by atoms with Crippen molar-refractivity contribution in [3.63, 3.8) is 0 Å². The second-order valence-corrected chi connectivity index (χ2v) is 5.78. The molecule has 112 valence electrons. The highest BCUT2D eigenvalue weighted by molar-refractivity contribution is 5.74. The summed E-state index contributed by atoms with van der Waals surface area (Å²) in [6.45, 7) is 9.59. The molecule has 0 unspecified atom stereocenters. The Kier molecular flexibility index (Phi) is 6.21. The van der Waals surface area contributed by atoms with Gasteiger partial charge in [0.25, 0.3) is 0 Å². The van der Waals surface area contributed by atoms with Gasteiger partial charge in [0.15, 0.2) is 0 Å². The number of carboxylic acids is 1. The molecule has 0 radical (unpaired) electrons. The lowest BCUT2D eigenvalue weighted by atomic mass is 9.81. The maximum Gasteiger partial charge on any atom is 0.310 e. The van der Waals surface area contributed by atoms with Gasteiger partial charge in [0.05, 0.1) is 5.41 Å².